The molecule has 1 aliphatic carbocycles. The highest BCUT2D eigenvalue weighted by atomic mass is 32.2. The number of carbonyl (C=O) groups is 1. The molecule has 2 fully saturated rings. The molecule has 8 nitrogen and oxygen atoms in total. The topological polar surface area (TPSA) is 106 Å². The molecule has 0 bridgehead atoms. The van der Waals surface area contributed by atoms with E-state index in [-0.39, 0.29) is 23.1 Å². The molecule has 0 spiro atoms. The van der Waals surface area contributed by atoms with Crippen molar-refractivity contribution in [2.24, 2.45) is 0 Å². The van der Waals surface area contributed by atoms with Crippen molar-refractivity contribution in [3.05, 3.63) is 24.5 Å². The maximum atomic E-state index is 12.8. The molecular weight excluding hydrogens is 405 g/mol. The van der Waals surface area contributed by atoms with Crippen LogP contribution in [-0.2, 0) is 24.3 Å². The molecule has 28 heavy (non-hydrogen) atoms. The van der Waals surface area contributed by atoms with E-state index < -0.39 is 22.2 Å². The molecule has 1 aromatic heterocycles. The highest BCUT2D eigenvalue weighted by Crippen LogP contribution is 2.35. The first kappa shape index (κ1) is 22.5. The van der Waals surface area contributed by atoms with Crippen molar-refractivity contribution in [2.75, 3.05) is 19.8 Å². The Hall–Kier alpha value is -1.76. The van der Waals surface area contributed by atoms with Crippen LogP contribution in [0.3, 0.4) is 0 Å². The number of halogens is 3. The molecule has 12 heteroatoms. The fourth-order valence-electron chi connectivity index (χ4n) is 3.21. The maximum Gasteiger partial charge on any atom is 0.490 e. The minimum Gasteiger partial charge on any atom is -0.475 e. The maximum absolute atomic E-state index is 12.8. The summed E-state index contributed by atoms with van der Waals surface area (Å²) in [4.78, 5) is 13.1. The summed E-state index contributed by atoms with van der Waals surface area (Å²) in [7, 11) is -3.52. The summed E-state index contributed by atoms with van der Waals surface area (Å²) < 4.78 is 70.3. The standard InChI is InChI=1S/C14H20N2O4S.C2HF3O2/c1-2-19-13-6-5-12-14(13)20-9-8-16(12)21(17,18)11-4-3-7-15-10-11;3-2(4,5)1(6)7/h3-4,7,10,12-14H,2,5-6,8-9H2,1H3;(H,6,7)/t12-,13-,14+;/m0./s1. The Morgan fingerprint density at radius 3 is 2.64 bits per heavy atom. The Morgan fingerprint density at radius 2 is 2.11 bits per heavy atom. The largest absolute Gasteiger partial charge is 0.490 e. The third kappa shape index (κ3) is 5.19. The van der Waals surface area contributed by atoms with Gasteiger partial charge in [0.1, 0.15) is 11.0 Å². The first-order valence-electron chi connectivity index (χ1n) is 8.54. The van der Waals surface area contributed by atoms with Gasteiger partial charge in [0.2, 0.25) is 10.0 Å². The van der Waals surface area contributed by atoms with E-state index in [1.54, 1.807) is 22.6 Å². The van der Waals surface area contributed by atoms with Gasteiger partial charge in [-0.2, -0.15) is 17.5 Å². The predicted octanol–water partition coefficient (Wildman–Crippen LogP) is 1.67. The Bertz CT molecular complexity index is 759. The smallest absolute Gasteiger partial charge is 0.475 e. The van der Waals surface area contributed by atoms with E-state index in [0.717, 1.165) is 12.8 Å². The zero-order valence-corrected chi connectivity index (χ0v) is 15.8. The first-order chi connectivity index (χ1) is 13.1. The molecule has 1 saturated heterocycles. The number of nitrogens with zero attached hydrogens (tertiary/aromatic N) is 2. The molecule has 158 valence electrons. The van der Waals surface area contributed by atoms with Crippen molar-refractivity contribution in [3.63, 3.8) is 0 Å². The number of aliphatic carboxylic acids is 1. The summed E-state index contributed by atoms with van der Waals surface area (Å²) in [5.74, 6) is -2.76. The Labute approximate surface area is 160 Å². The van der Waals surface area contributed by atoms with E-state index in [1.165, 1.54) is 6.20 Å². The van der Waals surface area contributed by atoms with Crippen LogP contribution in [-0.4, -0.2) is 73.0 Å². The number of fused-ring (bicyclic) bond motifs is 1. The molecule has 1 aromatic rings. The van der Waals surface area contributed by atoms with E-state index in [1.807, 2.05) is 6.92 Å². The average molecular weight is 426 g/mol. The number of hydrogen-bond acceptors (Lipinski definition) is 6. The minimum atomic E-state index is -5.08. The van der Waals surface area contributed by atoms with Crippen LogP contribution in [0.1, 0.15) is 19.8 Å². The second-order valence-electron chi connectivity index (χ2n) is 6.08. The first-order valence-corrected chi connectivity index (χ1v) is 9.98. The van der Waals surface area contributed by atoms with Crippen molar-refractivity contribution in [1.82, 2.24) is 9.29 Å². The molecule has 0 unspecified atom stereocenters. The highest BCUT2D eigenvalue weighted by Gasteiger charge is 2.47. The predicted molar refractivity (Wildman–Crippen MR) is 90.0 cm³/mol. The summed E-state index contributed by atoms with van der Waals surface area (Å²) in [6.45, 7) is 3.36. The number of aromatic nitrogens is 1. The van der Waals surface area contributed by atoms with Gasteiger partial charge in [0.25, 0.3) is 0 Å². The lowest BCUT2D eigenvalue weighted by Gasteiger charge is -2.37. The van der Waals surface area contributed by atoms with Gasteiger partial charge in [-0.1, -0.05) is 0 Å². The van der Waals surface area contributed by atoms with Crippen LogP contribution in [0, 0.1) is 0 Å². The molecule has 1 aliphatic heterocycles. The van der Waals surface area contributed by atoms with E-state index in [9.17, 15) is 21.6 Å². The van der Waals surface area contributed by atoms with Gasteiger partial charge < -0.3 is 14.6 Å². The fraction of sp³-hybridized carbons (Fsp3) is 0.625. The second-order valence-corrected chi connectivity index (χ2v) is 7.97. The molecule has 0 amide bonds. The van der Waals surface area contributed by atoms with E-state index >= 15 is 0 Å². The van der Waals surface area contributed by atoms with Crippen molar-refractivity contribution >= 4 is 16.0 Å². The molecule has 3 atom stereocenters. The van der Waals surface area contributed by atoms with Crippen LogP contribution in [0.15, 0.2) is 29.4 Å². The van der Waals surface area contributed by atoms with Gasteiger partial charge in [-0.3, -0.25) is 4.98 Å². The molecule has 1 saturated carbocycles. The highest BCUT2D eigenvalue weighted by molar-refractivity contribution is 7.89. The number of carboxylic acid groups (broad SMARTS) is 1. The number of sulfonamides is 1. The molecule has 0 radical (unpaired) electrons. The number of carboxylic acids is 1. The molecule has 2 heterocycles. The minimum absolute atomic E-state index is 0.00750. The van der Waals surface area contributed by atoms with Gasteiger partial charge in [0.05, 0.1) is 18.8 Å². The number of ether oxygens (including phenoxy) is 2. The molecule has 3 rings (SSSR count). The number of rotatable bonds is 4. The van der Waals surface area contributed by atoms with Crippen LogP contribution in [0.4, 0.5) is 13.2 Å². The van der Waals surface area contributed by atoms with Crippen molar-refractivity contribution in [1.29, 1.82) is 0 Å². The number of pyridine rings is 1. The summed E-state index contributed by atoms with van der Waals surface area (Å²) in [5, 5.41) is 7.12. The zero-order valence-electron chi connectivity index (χ0n) is 15.0. The number of hydrogen-bond donors (Lipinski definition) is 1. The quantitative estimate of drug-likeness (QED) is 0.781. The normalized spacial score (nSPS) is 25.5. The average Bonchev–Trinajstić information content (AvgIpc) is 3.05. The van der Waals surface area contributed by atoms with Crippen LogP contribution in [0.2, 0.25) is 0 Å². The Kier molecular flexibility index (Phi) is 7.37. The number of alkyl halides is 3. The lowest BCUT2D eigenvalue weighted by molar-refractivity contribution is -0.192. The Morgan fingerprint density at radius 1 is 1.43 bits per heavy atom. The Balaban J connectivity index is 0.000000345. The zero-order chi connectivity index (χ0) is 20.9. The monoisotopic (exact) mass is 426 g/mol. The number of morpholine rings is 1. The third-order valence-electron chi connectivity index (χ3n) is 4.35. The molecule has 2 aliphatic rings. The van der Waals surface area contributed by atoms with Crippen molar-refractivity contribution in [2.45, 2.75) is 49.1 Å². The molecule has 0 aromatic carbocycles. The van der Waals surface area contributed by atoms with Crippen molar-refractivity contribution in [3.8, 4) is 0 Å². The van der Waals surface area contributed by atoms with E-state index in [4.69, 9.17) is 19.4 Å². The third-order valence-corrected chi connectivity index (χ3v) is 6.26. The van der Waals surface area contributed by atoms with Gasteiger partial charge in [-0.25, -0.2) is 13.2 Å². The molecular formula is C16H21F3N2O6S. The van der Waals surface area contributed by atoms with Crippen LogP contribution >= 0.6 is 0 Å². The summed E-state index contributed by atoms with van der Waals surface area (Å²) in [5.41, 5.74) is 0. The van der Waals surface area contributed by atoms with Gasteiger partial charge in [-0.05, 0) is 31.9 Å². The van der Waals surface area contributed by atoms with Crippen LogP contribution in [0.5, 0.6) is 0 Å². The van der Waals surface area contributed by atoms with E-state index in [0.29, 0.717) is 19.8 Å². The SMILES string of the molecule is CCO[C@H]1CC[C@H]2[C@H]1OCCN2S(=O)(=O)c1cccnc1.O=C(O)C(F)(F)F. The van der Waals surface area contributed by atoms with Crippen LogP contribution in [0.25, 0.3) is 0 Å². The van der Waals surface area contributed by atoms with E-state index in [2.05, 4.69) is 4.98 Å². The second kappa shape index (κ2) is 9.16. The summed E-state index contributed by atoms with van der Waals surface area (Å²) >= 11 is 0. The lowest BCUT2D eigenvalue weighted by atomic mass is 10.1. The van der Waals surface area contributed by atoms with Crippen molar-refractivity contribution < 1.29 is 41.0 Å². The fourth-order valence-corrected chi connectivity index (χ4v) is 4.82. The molecule has 1 N–H and O–H groups in total. The van der Waals surface area contributed by atoms with Gasteiger partial charge in [0.15, 0.2) is 0 Å². The van der Waals surface area contributed by atoms with Gasteiger partial charge in [-0.15, -0.1) is 0 Å². The van der Waals surface area contributed by atoms with Crippen LogP contribution < -0.4 is 0 Å². The summed E-state index contributed by atoms with van der Waals surface area (Å²) in [6.07, 6.45) is -0.676. The van der Waals surface area contributed by atoms with Gasteiger partial charge in [0, 0.05) is 25.5 Å². The summed E-state index contributed by atoms with van der Waals surface area (Å²) in [6, 6.07) is 3.09. The van der Waals surface area contributed by atoms with Gasteiger partial charge >= 0.3 is 12.1 Å². The lowest BCUT2D eigenvalue weighted by Crippen LogP contribution is -2.53.